The molecule has 66 valence electrons. The quantitative estimate of drug-likeness (QED) is 0.632. The molecule has 0 radical (unpaired) electrons. The van der Waals surface area contributed by atoms with Crippen LogP contribution in [0.2, 0.25) is 0 Å². The Morgan fingerprint density at radius 2 is 2.42 bits per heavy atom. The Kier molecular flexibility index (Phi) is 2.88. The van der Waals surface area contributed by atoms with Gasteiger partial charge in [-0.25, -0.2) is 4.68 Å². The highest BCUT2D eigenvalue weighted by Gasteiger charge is 1.99. The second-order valence-corrected chi connectivity index (χ2v) is 2.32. The van der Waals surface area contributed by atoms with Crippen molar-refractivity contribution in [2.45, 2.75) is 6.61 Å². The van der Waals surface area contributed by atoms with Gasteiger partial charge in [0.05, 0.1) is 19.9 Å². The summed E-state index contributed by atoms with van der Waals surface area (Å²) in [6.45, 7) is 4.21. The fourth-order valence-electron chi connectivity index (χ4n) is 0.831. The minimum absolute atomic E-state index is 0.498. The Hall–Kier alpha value is -1.29. The third kappa shape index (κ3) is 1.85. The molecule has 0 atom stereocenters. The fourth-order valence-corrected chi connectivity index (χ4v) is 0.831. The Morgan fingerprint density at radius 3 is 3.00 bits per heavy atom. The van der Waals surface area contributed by atoms with Crippen LogP contribution in [0.5, 0.6) is 0 Å². The highest BCUT2D eigenvalue weighted by Crippen LogP contribution is 2.04. The van der Waals surface area contributed by atoms with Crippen molar-refractivity contribution in [1.82, 2.24) is 9.78 Å². The molecule has 0 bridgehead atoms. The molecular formula is C8H12N2O2. The molecule has 4 nitrogen and oxygen atoms in total. The molecule has 0 saturated carbocycles. The molecule has 0 unspecified atom stereocenters. The van der Waals surface area contributed by atoms with Crippen molar-refractivity contribution in [2.24, 2.45) is 0 Å². The van der Waals surface area contributed by atoms with E-state index in [1.807, 2.05) is 6.20 Å². The van der Waals surface area contributed by atoms with Crippen LogP contribution in [0.25, 0.3) is 5.88 Å². The Balaban J connectivity index is 2.70. The van der Waals surface area contributed by atoms with Gasteiger partial charge >= 0.3 is 0 Å². The first kappa shape index (κ1) is 8.80. The molecule has 0 aliphatic rings. The maximum Gasteiger partial charge on any atom is 0.206 e. The molecule has 0 aromatic carbocycles. The highest BCUT2D eigenvalue weighted by molar-refractivity contribution is 5.30. The Bertz CT molecular complexity index is 268. The average Bonchev–Trinajstić information content (AvgIpc) is 2.52. The van der Waals surface area contributed by atoms with E-state index in [9.17, 15) is 0 Å². The van der Waals surface area contributed by atoms with Crippen LogP contribution in [-0.4, -0.2) is 24.0 Å². The highest BCUT2D eigenvalue weighted by atomic mass is 16.5. The maximum absolute atomic E-state index is 4.93. The van der Waals surface area contributed by atoms with Gasteiger partial charge in [0.25, 0.3) is 0 Å². The van der Waals surface area contributed by atoms with Gasteiger partial charge in [-0.2, -0.15) is 5.10 Å². The summed E-state index contributed by atoms with van der Waals surface area (Å²) in [6, 6.07) is 0. The summed E-state index contributed by atoms with van der Waals surface area (Å²) in [7, 11) is 3.20. The summed E-state index contributed by atoms with van der Waals surface area (Å²) in [4.78, 5) is 0. The SMILES string of the molecule is C=C(OC)n1cc(COC)cn1. The van der Waals surface area contributed by atoms with Gasteiger partial charge in [-0.05, 0) is 6.58 Å². The lowest BCUT2D eigenvalue weighted by Gasteiger charge is -2.01. The normalized spacial score (nSPS) is 9.83. The average molecular weight is 168 g/mol. The minimum Gasteiger partial charge on any atom is -0.481 e. The molecule has 1 heterocycles. The molecule has 12 heavy (non-hydrogen) atoms. The Morgan fingerprint density at radius 1 is 1.67 bits per heavy atom. The third-order valence-corrected chi connectivity index (χ3v) is 1.44. The van der Waals surface area contributed by atoms with Gasteiger partial charge in [0.1, 0.15) is 0 Å². The first-order valence-electron chi connectivity index (χ1n) is 3.53. The molecule has 0 aliphatic carbocycles. The minimum atomic E-state index is 0.498. The molecule has 0 saturated heterocycles. The van der Waals surface area contributed by atoms with E-state index in [1.165, 1.54) is 0 Å². The molecule has 0 amide bonds. The lowest BCUT2D eigenvalue weighted by atomic mass is 10.4. The number of hydrogen-bond donors (Lipinski definition) is 0. The monoisotopic (exact) mass is 168 g/mol. The number of methoxy groups -OCH3 is 2. The van der Waals surface area contributed by atoms with Crippen molar-refractivity contribution in [3.05, 3.63) is 24.5 Å². The molecule has 1 rings (SSSR count). The van der Waals surface area contributed by atoms with E-state index in [-0.39, 0.29) is 0 Å². The van der Waals surface area contributed by atoms with Crippen LogP contribution >= 0.6 is 0 Å². The van der Waals surface area contributed by atoms with E-state index in [0.29, 0.717) is 12.5 Å². The van der Waals surface area contributed by atoms with Crippen LogP contribution in [0, 0.1) is 0 Å². The van der Waals surface area contributed by atoms with Gasteiger partial charge in [0.15, 0.2) is 0 Å². The third-order valence-electron chi connectivity index (χ3n) is 1.44. The molecule has 1 aromatic rings. The summed E-state index contributed by atoms with van der Waals surface area (Å²) in [5, 5.41) is 4.02. The van der Waals surface area contributed by atoms with Gasteiger partial charge in [0, 0.05) is 18.9 Å². The van der Waals surface area contributed by atoms with Gasteiger partial charge < -0.3 is 9.47 Å². The zero-order chi connectivity index (χ0) is 8.97. The van der Waals surface area contributed by atoms with Crippen molar-refractivity contribution in [1.29, 1.82) is 0 Å². The van der Waals surface area contributed by atoms with E-state index < -0.39 is 0 Å². The van der Waals surface area contributed by atoms with Crippen molar-refractivity contribution in [3.8, 4) is 0 Å². The van der Waals surface area contributed by atoms with E-state index in [4.69, 9.17) is 9.47 Å². The topological polar surface area (TPSA) is 36.3 Å². The predicted molar refractivity (Wildman–Crippen MR) is 45.3 cm³/mol. The molecule has 0 fully saturated rings. The van der Waals surface area contributed by atoms with Gasteiger partial charge in [-0.1, -0.05) is 0 Å². The summed E-state index contributed by atoms with van der Waals surface area (Å²) in [5.74, 6) is 0.498. The largest absolute Gasteiger partial charge is 0.481 e. The number of nitrogens with zero attached hydrogens (tertiary/aromatic N) is 2. The van der Waals surface area contributed by atoms with Crippen molar-refractivity contribution < 1.29 is 9.47 Å². The first-order valence-corrected chi connectivity index (χ1v) is 3.53. The zero-order valence-corrected chi connectivity index (χ0v) is 7.28. The predicted octanol–water partition coefficient (Wildman–Crippen LogP) is 1.10. The molecular weight excluding hydrogens is 156 g/mol. The van der Waals surface area contributed by atoms with E-state index in [1.54, 1.807) is 25.1 Å². The molecule has 0 aliphatic heterocycles. The van der Waals surface area contributed by atoms with Crippen LogP contribution in [0.1, 0.15) is 5.56 Å². The maximum atomic E-state index is 4.93. The van der Waals surface area contributed by atoms with Gasteiger partial charge in [-0.15, -0.1) is 0 Å². The number of rotatable bonds is 4. The van der Waals surface area contributed by atoms with E-state index in [0.717, 1.165) is 5.56 Å². The van der Waals surface area contributed by atoms with Crippen molar-refractivity contribution in [3.63, 3.8) is 0 Å². The molecule has 4 heteroatoms. The van der Waals surface area contributed by atoms with Gasteiger partial charge in [-0.3, -0.25) is 0 Å². The van der Waals surface area contributed by atoms with Crippen LogP contribution < -0.4 is 0 Å². The lowest BCUT2D eigenvalue weighted by molar-refractivity contribution is 0.185. The van der Waals surface area contributed by atoms with Crippen LogP contribution in [-0.2, 0) is 16.1 Å². The van der Waals surface area contributed by atoms with Crippen molar-refractivity contribution in [2.75, 3.05) is 14.2 Å². The second-order valence-electron chi connectivity index (χ2n) is 2.32. The Labute approximate surface area is 71.4 Å². The van der Waals surface area contributed by atoms with Crippen LogP contribution in [0.4, 0.5) is 0 Å². The smallest absolute Gasteiger partial charge is 0.206 e. The fraction of sp³-hybridized carbons (Fsp3) is 0.375. The summed E-state index contributed by atoms with van der Waals surface area (Å²) >= 11 is 0. The van der Waals surface area contributed by atoms with Crippen LogP contribution in [0.3, 0.4) is 0 Å². The number of ether oxygens (including phenoxy) is 2. The van der Waals surface area contributed by atoms with E-state index in [2.05, 4.69) is 11.7 Å². The van der Waals surface area contributed by atoms with Crippen LogP contribution in [0.15, 0.2) is 19.0 Å². The summed E-state index contributed by atoms with van der Waals surface area (Å²) in [6.07, 6.45) is 3.53. The van der Waals surface area contributed by atoms with E-state index >= 15 is 0 Å². The number of aromatic nitrogens is 2. The van der Waals surface area contributed by atoms with Crippen molar-refractivity contribution >= 4 is 5.88 Å². The second kappa shape index (κ2) is 3.92. The molecule has 0 spiro atoms. The summed E-state index contributed by atoms with van der Waals surface area (Å²) in [5.41, 5.74) is 0.996. The number of hydrogen-bond acceptors (Lipinski definition) is 3. The molecule has 0 N–H and O–H groups in total. The van der Waals surface area contributed by atoms with Gasteiger partial charge in [0.2, 0.25) is 5.88 Å². The molecule has 1 aromatic heterocycles. The lowest BCUT2D eigenvalue weighted by Crippen LogP contribution is -1.97. The summed E-state index contributed by atoms with van der Waals surface area (Å²) < 4.78 is 11.4. The standard InChI is InChI=1S/C8H12N2O2/c1-7(12-3)10-5-8(4-9-10)6-11-2/h4-5H,1,6H2,2-3H3. The zero-order valence-electron chi connectivity index (χ0n) is 7.28. The first-order chi connectivity index (χ1) is 5.77.